The lowest BCUT2D eigenvalue weighted by atomic mass is 9.74. The maximum atomic E-state index is 12.2. The van der Waals surface area contributed by atoms with Crippen LogP contribution in [0, 0.1) is 0 Å². The summed E-state index contributed by atoms with van der Waals surface area (Å²) >= 11 is 14.5. The van der Waals surface area contributed by atoms with Crippen LogP contribution in [-0.2, 0) is 43.5 Å². The first-order chi connectivity index (χ1) is 20.5. The van der Waals surface area contributed by atoms with Gasteiger partial charge in [0, 0.05) is 5.02 Å². The van der Waals surface area contributed by atoms with Crippen molar-refractivity contribution in [1.82, 2.24) is 0 Å². The lowest BCUT2D eigenvalue weighted by Gasteiger charge is -2.31. The van der Waals surface area contributed by atoms with Gasteiger partial charge in [-0.05, 0) is 74.5 Å². The predicted molar refractivity (Wildman–Crippen MR) is 175 cm³/mol. The van der Waals surface area contributed by atoms with E-state index in [-0.39, 0.29) is 31.5 Å². The highest BCUT2D eigenvalue weighted by molar-refractivity contribution is 7.82. The lowest BCUT2D eigenvalue weighted by molar-refractivity contribution is -0.149. The quantitative estimate of drug-likeness (QED) is 0.0555. The summed E-state index contributed by atoms with van der Waals surface area (Å²) in [6.45, 7) is 7.36. The molecule has 0 aliphatic rings. The van der Waals surface area contributed by atoms with Crippen molar-refractivity contribution < 1.29 is 38.1 Å². The normalized spacial score (nSPS) is 13.8. The van der Waals surface area contributed by atoms with E-state index in [9.17, 15) is 19.2 Å². The predicted octanol–water partition coefficient (Wildman–Crippen LogP) is 7.09. The van der Waals surface area contributed by atoms with Crippen LogP contribution in [0.15, 0.2) is 24.3 Å². The molecule has 244 valence electrons. The van der Waals surface area contributed by atoms with E-state index in [0.717, 1.165) is 56.9 Å². The van der Waals surface area contributed by atoms with Crippen LogP contribution in [0.4, 0.5) is 0 Å². The zero-order chi connectivity index (χ0) is 32.1. The Labute approximate surface area is 273 Å². The minimum Gasteiger partial charge on any atom is -0.466 e. The summed E-state index contributed by atoms with van der Waals surface area (Å²) in [5.74, 6) is -1.95. The zero-order valence-corrected chi connectivity index (χ0v) is 28.4. The van der Waals surface area contributed by atoms with Crippen molar-refractivity contribution in [1.29, 1.82) is 0 Å². The molecule has 11 heteroatoms. The topological polar surface area (TPSA) is 105 Å². The average Bonchev–Trinajstić information content (AvgIpc) is 2.97. The van der Waals surface area contributed by atoms with Gasteiger partial charge in [-0.15, -0.1) is 0 Å². The molecule has 0 aliphatic carbocycles. The SMILES string of the molecule is CCCCOC(=O)CC(S)C(=O)OCCCCC(C)(CCCCOC(=O)C(S)CC(=O)OCCCC)c1ccc(Cl)cc1. The number of carbonyl (C=O) groups is 4. The van der Waals surface area contributed by atoms with Gasteiger partial charge in [-0.3, -0.25) is 19.2 Å². The number of benzene rings is 1. The Kier molecular flexibility index (Phi) is 20.5. The number of hydrogen-bond donors (Lipinski definition) is 2. The van der Waals surface area contributed by atoms with E-state index < -0.39 is 34.4 Å². The van der Waals surface area contributed by atoms with Crippen molar-refractivity contribution in [2.75, 3.05) is 26.4 Å². The van der Waals surface area contributed by atoms with Gasteiger partial charge in [-0.2, -0.15) is 25.3 Å². The number of halogens is 1. The number of carbonyl (C=O) groups excluding carboxylic acids is 4. The molecule has 0 saturated carbocycles. The standard InChI is InChI=1S/C32H49ClO8S2/c1-4-6-18-38-28(34)22-26(42)30(36)40-20-10-8-16-32(3,24-12-14-25(33)15-13-24)17-9-11-21-41-31(37)27(43)23-29(35)39-19-7-5-2/h12-15,26-27,42-43H,4-11,16-23H2,1-3H3. The highest BCUT2D eigenvalue weighted by atomic mass is 35.5. The van der Waals surface area contributed by atoms with Crippen molar-refractivity contribution >= 4 is 60.7 Å². The number of rotatable bonds is 23. The molecule has 0 aromatic heterocycles. The first kappa shape index (κ1) is 39.1. The fraction of sp³-hybridized carbons (Fsp3) is 0.688. The summed E-state index contributed by atoms with van der Waals surface area (Å²) < 4.78 is 20.9. The van der Waals surface area contributed by atoms with Crippen molar-refractivity contribution in [2.24, 2.45) is 0 Å². The third-order valence-electron chi connectivity index (χ3n) is 7.06. The van der Waals surface area contributed by atoms with Gasteiger partial charge < -0.3 is 18.9 Å². The van der Waals surface area contributed by atoms with E-state index in [0.29, 0.717) is 31.1 Å². The van der Waals surface area contributed by atoms with E-state index in [1.807, 2.05) is 38.1 Å². The molecule has 0 N–H and O–H groups in total. The third-order valence-corrected chi connectivity index (χ3v) is 8.10. The molecule has 1 aromatic carbocycles. The summed E-state index contributed by atoms with van der Waals surface area (Å²) in [4.78, 5) is 48.1. The van der Waals surface area contributed by atoms with Crippen LogP contribution in [0.25, 0.3) is 0 Å². The maximum absolute atomic E-state index is 12.2. The minimum absolute atomic E-state index is 0.115. The van der Waals surface area contributed by atoms with Gasteiger partial charge in [0.1, 0.15) is 10.5 Å². The smallest absolute Gasteiger partial charge is 0.319 e. The molecular formula is C32H49ClO8S2. The summed E-state index contributed by atoms with van der Waals surface area (Å²) in [6.07, 6.45) is 7.82. The van der Waals surface area contributed by atoms with E-state index in [4.69, 9.17) is 30.5 Å². The molecule has 1 rings (SSSR count). The van der Waals surface area contributed by atoms with Gasteiger partial charge >= 0.3 is 23.9 Å². The van der Waals surface area contributed by atoms with E-state index >= 15 is 0 Å². The summed E-state index contributed by atoms with van der Waals surface area (Å²) in [5.41, 5.74) is 0.987. The second-order valence-corrected chi connectivity index (χ2v) is 12.6. The number of ether oxygens (including phenoxy) is 4. The molecular weight excluding hydrogens is 612 g/mol. The van der Waals surface area contributed by atoms with Crippen molar-refractivity contribution in [3.63, 3.8) is 0 Å². The minimum atomic E-state index is -0.847. The van der Waals surface area contributed by atoms with E-state index in [1.54, 1.807) is 0 Å². The van der Waals surface area contributed by atoms with Gasteiger partial charge in [-0.1, -0.05) is 57.3 Å². The van der Waals surface area contributed by atoms with Gasteiger partial charge in [0.15, 0.2) is 0 Å². The molecule has 0 bridgehead atoms. The number of thiol groups is 2. The highest BCUT2D eigenvalue weighted by Crippen LogP contribution is 2.35. The highest BCUT2D eigenvalue weighted by Gasteiger charge is 2.27. The van der Waals surface area contributed by atoms with Gasteiger partial charge in [0.25, 0.3) is 0 Å². The summed E-state index contributed by atoms with van der Waals surface area (Å²) in [7, 11) is 0. The van der Waals surface area contributed by atoms with Crippen molar-refractivity contribution in [3.8, 4) is 0 Å². The largest absolute Gasteiger partial charge is 0.466 e. The molecule has 43 heavy (non-hydrogen) atoms. The number of esters is 4. The Bertz CT molecular complexity index is 921. The van der Waals surface area contributed by atoms with Crippen LogP contribution in [0.1, 0.15) is 103 Å². The summed E-state index contributed by atoms with van der Waals surface area (Å²) in [6, 6.07) is 7.80. The van der Waals surface area contributed by atoms with E-state index in [1.165, 1.54) is 0 Å². The van der Waals surface area contributed by atoms with Crippen LogP contribution >= 0.6 is 36.9 Å². The van der Waals surface area contributed by atoms with Crippen LogP contribution in [0.5, 0.6) is 0 Å². The van der Waals surface area contributed by atoms with Gasteiger partial charge in [0.05, 0.1) is 39.3 Å². The fourth-order valence-electron chi connectivity index (χ4n) is 4.30. The molecule has 0 fully saturated rings. The molecule has 2 unspecified atom stereocenters. The van der Waals surface area contributed by atoms with Gasteiger partial charge in [0.2, 0.25) is 0 Å². The van der Waals surface area contributed by atoms with Gasteiger partial charge in [-0.25, -0.2) is 0 Å². The Morgan fingerprint density at radius 2 is 1.07 bits per heavy atom. The van der Waals surface area contributed by atoms with Crippen LogP contribution in [-0.4, -0.2) is 60.8 Å². The van der Waals surface area contributed by atoms with E-state index in [2.05, 4.69) is 32.2 Å². The van der Waals surface area contributed by atoms with Crippen LogP contribution in [0.2, 0.25) is 5.02 Å². The first-order valence-corrected chi connectivity index (χ1v) is 16.7. The molecule has 0 saturated heterocycles. The molecule has 0 heterocycles. The summed E-state index contributed by atoms with van der Waals surface area (Å²) in [5, 5.41) is -1.03. The Balaban J connectivity index is 2.48. The molecule has 0 spiro atoms. The zero-order valence-electron chi connectivity index (χ0n) is 25.8. The Morgan fingerprint density at radius 3 is 1.47 bits per heavy atom. The lowest BCUT2D eigenvalue weighted by Crippen LogP contribution is -2.24. The second kappa shape index (κ2) is 22.6. The number of unbranched alkanes of at least 4 members (excludes halogenated alkanes) is 4. The van der Waals surface area contributed by atoms with Crippen LogP contribution in [0.3, 0.4) is 0 Å². The average molecular weight is 661 g/mol. The number of hydrogen-bond acceptors (Lipinski definition) is 10. The fourth-order valence-corrected chi connectivity index (χ4v) is 4.87. The molecule has 0 amide bonds. The third kappa shape index (κ3) is 17.2. The maximum Gasteiger partial charge on any atom is 0.319 e. The monoisotopic (exact) mass is 660 g/mol. The van der Waals surface area contributed by atoms with Crippen molar-refractivity contribution in [2.45, 2.75) is 114 Å². The Hall–Kier alpha value is -1.91. The molecule has 0 radical (unpaired) electrons. The Morgan fingerprint density at radius 1 is 0.674 bits per heavy atom. The van der Waals surface area contributed by atoms with Crippen molar-refractivity contribution in [3.05, 3.63) is 34.9 Å². The first-order valence-electron chi connectivity index (χ1n) is 15.3. The molecule has 2 atom stereocenters. The molecule has 8 nitrogen and oxygen atoms in total. The molecule has 0 aliphatic heterocycles. The van der Waals surface area contributed by atoms with Crippen LogP contribution < -0.4 is 0 Å². The second-order valence-electron chi connectivity index (χ2n) is 10.9. The molecule has 1 aromatic rings.